The lowest BCUT2D eigenvalue weighted by Crippen LogP contribution is -2.59. The zero-order valence-electron chi connectivity index (χ0n) is 19.4. The van der Waals surface area contributed by atoms with Crippen LogP contribution >= 0.6 is 0 Å². The molecule has 0 spiro atoms. The third kappa shape index (κ3) is 5.19. The van der Waals surface area contributed by atoms with E-state index in [-0.39, 0.29) is 36.5 Å². The van der Waals surface area contributed by atoms with Gasteiger partial charge in [-0.3, -0.25) is 9.59 Å². The van der Waals surface area contributed by atoms with Crippen LogP contribution in [0.4, 0.5) is 0 Å². The summed E-state index contributed by atoms with van der Waals surface area (Å²) in [5, 5.41) is 32.2. The van der Waals surface area contributed by atoms with Gasteiger partial charge in [-0.1, -0.05) is 42.5 Å². The molecule has 0 radical (unpaired) electrons. The van der Waals surface area contributed by atoms with E-state index < -0.39 is 40.9 Å². The summed E-state index contributed by atoms with van der Waals surface area (Å²) < 4.78 is 5.91. The zero-order chi connectivity index (χ0) is 26.5. The highest BCUT2D eigenvalue weighted by Crippen LogP contribution is 2.43. The first-order valence-corrected chi connectivity index (χ1v) is 11.0. The van der Waals surface area contributed by atoms with E-state index in [1.165, 1.54) is 19.1 Å². The first-order chi connectivity index (χ1) is 17.1. The Bertz CT molecular complexity index is 1220. The van der Waals surface area contributed by atoms with Crippen molar-refractivity contribution in [2.45, 2.75) is 31.6 Å². The van der Waals surface area contributed by atoms with Crippen molar-refractivity contribution in [3.63, 3.8) is 0 Å². The molecular formula is C26H26N2O8. The van der Waals surface area contributed by atoms with E-state index in [9.17, 15) is 34.5 Å². The Kier molecular flexibility index (Phi) is 8.03. The monoisotopic (exact) mass is 494 g/mol. The van der Waals surface area contributed by atoms with Crippen LogP contribution in [0.3, 0.4) is 0 Å². The number of allylic oxidation sites excluding steroid dienone is 1. The predicted octanol–water partition coefficient (Wildman–Crippen LogP) is 1.53. The maximum Gasteiger partial charge on any atom is 0.341 e. The third-order valence-electron chi connectivity index (χ3n) is 6.11. The van der Waals surface area contributed by atoms with Crippen molar-refractivity contribution in [2.24, 2.45) is 11.7 Å². The van der Waals surface area contributed by atoms with E-state index in [1.54, 1.807) is 42.5 Å². The second-order valence-corrected chi connectivity index (χ2v) is 8.33. The Balaban J connectivity index is 2.12. The molecule has 1 aliphatic carbocycles. The number of aromatic hydroxyl groups is 1. The summed E-state index contributed by atoms with van der Waals surface area (Å²) in [5.41, 5.74) is 4.14. The highest BCUT2D eigenvalue weighted by atomic mass is 16.5. The van der Waals surface area contributed by atoms with Crippen LogP contribution in [0.5, 0.6) is 5.75 Å². The van der Waals surface area contributed by atoms with Gasteiger partial charge in [0.25, 0.3) is 0 Å². The number of amides is 1. The molecule has 10 heteroatoms. The van der Waals surface area contributed by atoms with Gasteiger partial charge in [-0.2, -0.15) is 0 Å². The average molecular weight is 495 g/mol. The second kappa shape index (κ2) is 11.0. The minimum atomic E-state index is -2.46. The summed E-state index contributed by atoms with van der Waals surface area (Å²) >= 11 is 0. The van der Waals surface area contributed by atoms with Crippen molar-refractivity contribution in [1.82, 2.24) is 5.32 Å². The fourth-order valence-corrected chi connectivity index (χ4v) is 4.24. The van der Waals surface area contributed by atoms with Gasteiger partial charge in [-0.05, 0) is 48.3 Å². The summed E-state index contributed by atoms with van der Waals surface area (Å²) in [6.45, 7) is 1.09. The Labute approximate surface area is 206 Å². The fraction of sp³-hybridized carbons (Fsp3) is 0.231. The van der Waals surface area contributed by atoms with Gasteiger partial charge in [0, 0.05) is 5.70 Å². The number of carbonyl (C=O) groups is 4. The van der Waals surface area contributed by atoms with Crippen LogP contribution in [-0.2, 0) is 36.9 Å². The maximum absolute atomic E-state index is 13.7. The van der Waals surface area contributed by atoms with Gasteiger partial charge in [0.2, 0.25) is 12.0 Å². The van der Waals surface area contributed by atoms with E-state index >= 15 is 0 Å². The van der Waals surface area contributed by atoms with Crippen LogP contribution < -0.4 is 11.1 Å². The number of Topliss-reactive ketones (excluding diaryl/α,β-unsaturated/α-hetero) is 1. The Hall–Kier alpha value is -4.28. The van der Waals surface area contributed by atoms with E-state index in [0.717, 1.165) is 6.08 Å². The Morgan fingerprint density at radius 2 is 1.72 bits per heavy atom. The molecule has 36 heavy (non-hydrogen) atoms. The van der Waals surface area contributed by atoms with Crippen LogP contribution in [0.15, 0.2) is 77.5 Å². The van der Waals surface area contributed by atoms with Crippen molar-refractivity contribution < 1.29 is 39.2 Å². The number of carboxylic acids is 2. The van der Waals surface area contributed by atoms with Crippen molar-refractivity contribution in [3.05, 3.63) is 88.6 Å². The number of ketones is 1. The molecule has 0 aliphatic heterocycles. The molecule has 1 amide bonds. The number of nitrogens with one attached hydrogen (secondary N) is 1. The number of carbonyl (C=O) groups excluding carboxylic acids is 2. The number of hydrogen-bond acceptors (Lipinski definition) is 7. The SMILES string of the molecule is CC1=C(NC=O)C=C(C(=O)O)C(C(=O)C(N)Cc2ccc(O)cc2)C1(OCc1ccccc1)C(=O)O. The molecule has 0 heterocycles. The Morgan fingerprint density at radius 3 is 2.28 bits per heavy atom. The van der Waals surface area contributed by atoms with Crippen LogP contribution in [0.25, 0.3) is 0 Å². The number of aliphatic carboxylic acids is 2. The number of benzene rings is 2. The molecule has 3 atom stereocenters. The van der Waals surface area contributed by atoms with Gasteiger partial charge in [0.05, 0.1) is 24.1 Å². The number of carboxylic acid groups (broad SMARTS) is 2. The number of hydrogen-bond donors (Lipinski definition) is 5. The zero-order valence-corrected chi connectivity index (χ0v) is 19.4. The smallest absolute Gasteiger partial charge is 0.341 e. The van der Waals surface area contributed by atoms with Crippen molar-refractivity contribution >= 4 is 24.1 Å². The maximum atomic E-state index is 13.7. The predicted molar refractivity (Wildman–Crippen MR) is 127 cm³/mol. The van der Waals surface area contributed by atoms with Gasteiger partial charge in [0.1, 0.15) is 5.75 Å². The average Bonchev–Trinajstić information content (AvgIpc) is 2.85. The molecule has 3 rings (SSSR count). The molecular weight excluding hydrogens is 468 g/mol. The molecule has 0 fully saturated rings. The van der Waals surface area contributed by atoms with Gasteiger partial charge < -0.3 is 31.1 Å². The van der Waals surface area contributed by atoms with E-state index in [4.69, 9.17) is 10.5 Å². The minimum Gasteiger partial charge on any atom is -0.508 e. The molecule has 0 saturated carbocycles. The van der Waals surface area contributed by atoms with Crippen molar-refractivity contribution in [1.29, 1.82) is 0 Å². The molecule has 6 N–H and O–H groups in total. The third-order valence-corrected chi connectivity index (χ3v) is 6.11. The summed E-state index contributed by atoms with van der Waals surface area (Å²) in [7, 11) is 0. The Morgan fingerprint density at radius 1 is 1.08 bits per heavy atom. The summed E-state index contributed by atoms with van der Waals surface area (Å²) in [5.74, 6) is -5.84. The molecule has 3 unspecified atom stereocenters. The standard InChI is InChI=1S/C26H26N2O8/c1-15-21(28-14-29)12-19(24(32)33)22(23(31)20(27)11-16-7-9-18(30)10-8-16)26(15,25(34)35)36-13-17-5-3-2-4-6-17/h2-10,12,14,20,22,30H,11,13,27H2,1H3,(H,28,29)(H,32,33)(H,34,35). The van der Waals surface area contributed by atoms with Crippen molar-refractivity contribution in [3.8, 4) is 5.75 Å². The van der Waals surface area contributed by atoms with Gasteiger partial charge >= 0.3 is 11.9 Å². The highest BCUT2D eigenvalue weighted by Gasteiger charge is 2.58. The quantitative estimate of drug-likeness (QED) is 0.290. The second-order valence-electron chi connectivity index (χ2n) is 8.33. The van der Waals surface area contributed by atoms with Crippen LogP contribution in [0.2, 0.25) is 0 Å². The molecule has 2 aromatic carbocycles. The van der Waals surface area contributed by atoms with Gasteiger partial charge in [-0.25, -0.2) is 9.59 Å². The first kappa shape index (κ1) is 26.3. The van der Waals surface area contributed by atoms with Gasteiger partial charge in [-0.15, -0.1) is 0 Å². The number of phenols is 1. The summed E-state index contributed by atoms with van der Waals surface area (Å²) in [6, 6.07) is 13.2. The molecule has 0 saturated heterocycles. The van der Waals surface area contributed by atoms with E-state index in [1.807, 2.05) is 0 Å². The number of phenolic OH excluding ortho intramolecular Hbond substituents is 1. The van der Waals surface area contributed by atoms with Crippen LogP contribution in [-0.4, -0.2) is 51.1 Å². The minimum absolute atomic E-state index is 0.0113. The molecule has 10 nitrogen and oxygen atoms in total. The number of ether oxygens (including phenoxy) is 1. The van der Waals surface area contributed by atoms with Gasteiger partial charge in [0.15, 0.2) is 5.78 Å². The normalized spacial score (nSPS) is 20.3. The van der Waals surface area contributed by atoms with E-state index in [2.05, 4.69) is 5.32 Å². The summed E-state index contributed by atoms with van der Waals surface area (Å²) in [6.07, 6.45) is 1.28. The molecule has 188 valence electrons. The molecule has 0 aromatic heterocycles. The molecule has 0 bridgehead atoms. The molecule has 2 aromatic rings. The van der Waals surface area contributed by atoms with Crippen LogP contribution in [0.1, 0.15) is 18.1 Å². The highest BCUT2D eigenvalue weighted by molar-refractivity contribution is 6.05. The topological polar surface area (TPSA) is 176 Å². The lowest BCUT2D eigenvalue weighted by molar-refractivity contribution is -0.172. The first-order valence-electron chi connectivity index (χ1n) is 11.0. The lowest BCUT2D eigenvalue weighted by atomic mass is 9.68. The number of rotatable bonds is 11. The largest absolute Gasteiger partial charge is 0.508 e. The van der Waals surface area contributed by atoms with E-state index in [0.29, 0.717) is 11.1 Å². The van der Waals surface area contributed by atoms with Crippen LogP contribution in [0, 0.1) is 5.92 Å². The summed E-state index contributed by atoms with van der Waals surface area (Å²) in [4.78, 5) is 50.0. The lowest BCUT2D eigenvalue weighted by Gasteiger charge is -2.41. The van der Waals surface area contributed by atoms with Crippen molar-refractivity contribution in [2.75, 3.05) is 0 Å². The molecule has 1 aliphatic rings. The fourth-order valence-electron chi connectivity index (χ4n) is 4.24. The number of nitrogens with two attached hydrogens (primary N) is 1.